The molecule has 0 spiro atoms. The molecule has 9 heteroatoms. The van der Waals surface area contributed by atoms with Crippen LogP contribution in [-0.4, -0.2) is 29.9 Å². The van der Waals surface area contributed by atoms with E-state index in [2.05, 4.69) is 26.9 Å². The number of nitrogens with two attached hydrogens (primary N) is 2. The van der Waals surface area contributed by atoms with Crippen LogP contribution in [0.5, 0.6) is 0 Å². The fraction of sp³-hybridized carbons (Fsp3) is 0.115. The molecule has 1 amide bonds. The molecule has 0 aliphatic heterocycles. The Labute approximate surface area is 201 Å². The van der Waals surface area contributed by atoms with Crippen LogP contribution in [0, 0.1) is 11.8 Å². The van der Waals surface area contributed by atoms with E-state index in [1.165, 1.54) is 4.52 Å². The molecule has 35 heavy (non-hydrogen) atoms. The van der Waals surface area contributed by atoms with Gasteiger partial charge in [0.25, 0.3) is 11.5 Å². The van der Waals surface area contributed by atoms with Crippen LogP contribution < -0.4 is 17.0 Å². The molecular formula is C26H23N7O2. The molecule has 4 heterocycles. The van der Waals surface area contributed by atoms with Crippen molar-refractivity contribution in [1.29, 1.82) is 0 Å². The van der Waals surface area contributed by atoms with Crippen LogP contribution in [0.1, 0.15) is 35.6 Å². The minimum atomic E-state index is -0.619. The number of hydrogen-bond donors (Lipinski definition) is 2. The largest absolute Gasteiger partial charge is 0.381 e. The number of hydrogen-bond acceptors (Lipinski definition) is 6. The molecule has 0 saturated heterocycles. The predicted octanol–water partition coefficient (Wildman–Crippen LogP) is 2.71. The highest BCUT2D eigenvalue weighted by molar-refractivity contribution is 6.03. The Morgan fingerprint density at radius 3 is 2.54 bits per heavy atom. The molecule has 9 nitrogen and oxygen atoms in total. The third-order valence-corrected chi connectivity index (χ3v) is 5.24. The second kappa shape index (κ2) is 9.89. The predicted molar refractivity (Wildman–Crippen MR) is 135 cm³/mol. The number of amides is 1. The SMILES string of the molecule is CC#Cc1cccc2nc(CC)c(-c3ccccc3)c(=O)n12.NC(=O)c1c(N)nn2cccnc12. The zero-order chi connectivity index (χ0) is 24.9. The highest BCUT2D eigenvalue weighted by Crippen LogP contribution is 2.20. The quantitative estimate of drug-likeness (QED) is 0.394. The van der Waals surface area contributed by atoms with Crippen LogP contribution in [0.15, 0.2) is 71.8 Å². The van der Waals surface area contributed by atoms with Gasteiger partial charge < -0.3 is 11.5 Å². The molecule has 0 atom stereocenters. The van der Waals surface area contributed by atoms with Crippen molar-refractivity contribution in [2.24, 2.45) is 5.73 Å². The molecule has 174 valence electrons. The van der Waals surface area contributed by atoms with Gasteiger partial charge >= 0.3 is 0 Å². The summed E-state index contributed by atoms with van der Waals surface area (Å²) in [7, 11) is 0. The highest BCUT2D eigenvalue weighted by atomic mass is 16.1. The minimum Gasteiger partial charge on any atom is -0.381 e. The summed E-state index contributed by atoms with van der Waals surface area (Å²) in [5.41, 5.74) is 14.8. The van der Waals surface area contributed by atoms with Gasteiger partial charge in [-0.3, -0.25) is 14.0 Å². The van der Waals surface area contributed by atoms with Crippen molar-refractivity contribution in [3.63, 3.8) is 0 Å². The summed E-state index contributed by atoms with van der Waals surface area (Å²) in [6, 6.07) is 16.9. The lowest BCUT2D eigenvalue weighted by Crippen LogP contribution is -2.21. The Hall–Kier alpha value is -4.97. The van der Waals surface area contributed by atoms with E-state index >= 15 is 0 Å². The molecule has 5 rings (SSSR count). The monoisotopic (exact) mass is 465 g/mol. The highest BCUT2D eigenvalue weighted by Gasteiger charge is 2.16. The number of fused-ring (bicyclic) bond motifs is 2. The number of rotatable bonds is 3. The second-order valence-corrected chi connectivity index (χ2v) is 7.45. The fourth-order valence-electron chi connectivity index (χ4n) is 3.74. The van der Waals surface area contributed by atoms with Crippen molar-refractivity contribution in [1.82, 2.24) is 24.0 Å². The molecule has 5 aromatic rings. The summed E-state index contributed by atoms with van der Waals surface area (Å²) in [5.74, 6) is 5.32. The zero-order valence-electron chi connectivity index (χ0n) is 19.3. The topological polar surface area (TPSA) is 134 Å². The number of nitrogen functional groups attached to an aromatic ring is 1. The number of nitrogens with zero attached hydrogens (tertiary/aromatic N) is 5. The molecule has 0 fully saturated rings. The number of benzene rings is 1. The van der Waals surface area contributed by atoms with Crippen LogP contribution in [0.2, 0.25) is 0 Å². The van der Waals surface area contributed by atoms with Gasteiger partial charge in [-0.25, -0.2) is 14.5 Å². The summed E-state index contributed by atoms with van der Waals surface area (Å²) < 4.78 is 3.01. The fourth-order valence-corrected chi connectivity index (χ4v) is 3.74. The van der Waals surface area contributed by atoms with Crippen LogP contribution >= 0.6 is 0 Å². The number of primary amides is 1. The van der Waals surface area contributed by atoms with E-state index < -0.39 is 5.91 Å². The van der Waals surface area contributed by atoms with Gasteiger partial charge in [0.2, 0.25) is 0 Å². The first-order valence-corrected chi connectivity index (χ1v) is 10.9. The van der Waals surface area contributed by atoms with Gasteiger partial charge in [-0.15, -0.1) is 5.10 Å². The standard InChI is InChI=1S/C19H16N2O.C7H7N5O/c1-3-9-15-12-8-13-17-20-16(4-2)18(19(22)21(15)17)14-10-6-5-7-11-14;8-5-4(6(9)13)7-10-2-1-3-12(7)11-5/h5-8,10-13H,4H2,1-2H3;1-3H,(H2,8,11)(H2,9,13). The van der Waals surface area contributed by atoms with Crippen molar-refractivity contribution in [3.05, 3.63) is 94.3 Å². The van der Waals surface area contributed by atoms with Crippen molar-refractivity contribution in [3.8, 4) is 23.0 Å². The number of anilines is 1. The van der Waals surface area contributed by atoms with E-state index in [1.807, 2.05) is 55.5 Å². The third-order valence-electron chi connectivity index (χ3n) is 5.24. The van der Waals surface area contributed by atoms with Crippen molar-refractivity contribution in [2.45, 2.75) is 20.3 Å². The molecule has 0 radical (unpaired) electrons. The van der Waals surface area contributed by atoms with E-state index in [0.29, 0.717) is 29.0 Å². The van der Waals surface area contributed by atoms with Crippen LogP contribution in [-0.2, 0) is 6.42 Å². The summed E-state index contributed by atoms with van der Waals surface area (Å²) in [6.45, 7) is 3.77. The molecule has 0 aliphatic carbocycles. The van der Waals surface area contributed by atoms with E-state index in [-0.39, 0.29) is 16.9 Å². The molecule has 1 aromatic carbocycles. The first-order chi connectivity index (χ1) is 17.0. The Morgan fingerprint density at radius 2 is 1.86 bits per heavy atom. The molecule has 4 N–H and O–H groups in total. The lowest BCUT2D eigenvalue weighted by molar-refractivity contribution is 0.100. The molecule has 4 aromatic heterocycles. The number of aromatic nitrogens is 5. The number of carbonyl (C=O) groups excluding carboxylic acids is 1. The van der Waals surface area contributed by atoms with Gasteiger partial charge in [0.1, 0.15) is 16.9 Å². The van der Waals surface area contributed by atoms with E-state index in [0.717, 1.165) is 11.3 Å². The minimum absolute atomic E-state index is 0.0635. The Bertz CT molecular complexity index is 1660. The van der Waals surface area contributed by atoms with Gasteiger partial charge in [-0.1, -0.05) is 49.2 Å². The maximum atomic E-state index is 13.1. The van der Waals surface area contributed by atoms with E-state index in [4.69, 9.17) is 11.5 Å². The first kappa shape index (κ1) is 23.2. The smallest absolute Gasteiger partial charge is 0.267 e. The molecule has 0 saturated carbocycles. The third kappa shape index (κ3) is 4.45. The van der Waals surface area contributed by atoms with Crippen molar-refractivity contribution < 1.29 is 4.79 Å². The zero-order valence-corrected chi connectivity index (χ0v) is 19.3. The molecule has 0 aliphatic rings. The van der Waals surface area contributed by atoms with Crippen LogP contribution in [0.4, 0.5) is 5.82 Å². The van der Waals surface area contributed by atoms with Crippen molar-refractivity contribution in [2.75, 3.05) is 5.73 Å². The summed E-state index contributed by atoms with van der Waals surface area (Å²) in [4.78, 5) is 32.6. The normalized spacial score (nSPS) is 10.3. The van der Waals surface area contributed by atoms with Gasteiger partial charge in [-0.05, 0) is 43.0 Å². The lowest BCUT2D eigenvalue weighted by atomic mass is 10.0. The van der Waals surface area contributed by atoms with Crippen LogP contribution in [0.3, 0.4) is 0 Å². The lowest BCUT2D eigenvalue weighted by Gasteiger charge is -2.11. The average Bonchev–Trinajstić information content (AvgIpc) is 3.21. The maximum Gasteiger partial charge on any atom is 0.267 e. The van der Waals surface area contributed by atoms with Crippen molar-refractivity contribution >= 4 is 23.0 Å². The van der Waals surface area contributed by atoms with Gasteiger partial charge in [0.05, 0.1) is 11.3 Å². The maximum absolute atomic E-state index is 13.1. The van der Waals surface area contributed by atoms with E-state index in [9.17, 15) is 9.59 Å². The molecular weight excluding hydrogens is 442 g/mol. The number of carbonyl (C=O) groups is 1. The second-order valence-electron chi connectivity index (χ2n) is 7.45. The summed E-state index contributed by atoms with van der Waals surface area (Å²) >= 11 is 0. The van der Waals surface area contributed by atoms with Gasteiger partial charge in [-0.2, -0.15) is 0 Å². The number of pyridine rings is 1. The molecule has 0 bridgehead atoms. The van der Waals surface area contributed by atoms with Gasteiger partial charge in [0.15, 0.2) is 11.5 Å². The van der Waals surface area contributed by atoms with Crippen LogP contribution in [0.25, 0.3) is 22.4 Å². The Morgan fingerprint density at radius 1 is 1.09 bits per heavy atom. The average molecular weight is 466 g/mol. The van der Waals surface area contributed by atoms with E-state index in [1.54, 1.807) is 29.8 Å². The number of aryl methyl sites for hydroxylation is 1. The first-order valence-electron chi connectivity index (χ1n) is 10.9. The molecule has 0 unspecified atom stereocenters. The Kier molecular flexibility index (Phi) is 6.55. The Balaban J connectivity index is 0.000000189. The summed E-state index contributed by atoms with van der Waals surface area (Å²) in [6.07, 6.45) is 3.90. The summed E-state index contributed by atoms with van der Waals surface area (Å²) in [5, 5.41) is 3.87. The van der Waals surface area contributed by atoms with Gasteiger partial charge in [0, 0.05) is 12.4 Å².